The Kier molecular flexibility index (Phi) is 4.45. The molecule has 0 spiro atoms. The van der Waals surface area contributed by atoms with Gasteiger partial charge in [-0.3, -0.25) is 13.6 Å². The van der Waals surface area contributed by atoms with E-state index in [0.29, 0.717) is 21.5 Å². The zero-order valence-electron chi connectivity index (χ0n) is 12.6. The molecule has 7 nitrogen and oxygen atoms in total. The zero-order valence-corrected chi connectivity index (χ0v) is 14.2. The minimum atomic E-state index is -1.26. The first-order valence-corrected chi connectivity index (χ1v) is 9.31. The van der Waals surface area contributed by atoms with E-state index in [-0.39, 0.29) is 0 Å². The average molecular weight is 363 g/mol. The summed E-state index contributed by atoms with van der Waals surface area (Å²) in [5, 5.41) is 11.5. The molecule has 0 bridgehead atoms. The maximum Gasteiger partial charge on any atom is 0.336 e. The fourth-order valence-corrected chi connectivity index (χ4v) is 3.95. The second kappa shape index (κ2) is 6.54. The minimum absolute atomic E-state index is 0.355. The van der Waals surface area contributed by atoms with Gasteiger partial charge in [-0.05, 0) is 12.2 Å². The Hall–Kier alpha value is -2.52. The molecule has 0 saturated carbocycles. The quantitative estimate of drug-likeness (QED) is 0.889. The number of carboxylic acid groups (broad SMARTS) is 1. The van der Waals surface area contributed by atoms with Gasteiger partial charge in [0.05, 0.1) is 22.2 Å². The van der Waals surface area contributed by atoms with E-state index in [1.54, 1.807) is 41.8 Å². The molecule has 24 heavy (non-hydrogen) atoms. The van der Waals surface area contributed by atoms with E-state index in [1.807, 2.05) is 0 Å². The summed E-state index contributed by atoms with van der Waals surface area (Å²) in [7, 11) is -1.26. The number of hydrogen-bond donors (Lipinski definition) is 1. The molecule has 124 valence electrons. The molecule has 0 aliphatic heterocycles. The lowest BCUT2D eigenvalue weighted by atomic mass is 10.2. The van der Waals surface area contributed by atoms with Crippen LogP contribution in [-0.4, -0.2) is 35.7 Å². The number of allylic oxidation sites excluding steroid dienone is 4. The smallest absolute Gasteiger partial charge is 0.336 e. The van der Waals surface area contributed by atoms with Gasteiger partial charge in [-0.1, -0.05) is 24.3 Å². The van der Waals surface area contributed by atoms with Crippen molar-refractivity contribution in [2.24, 2.45) is 0 Å². The maximum absolute atomic E-state index is 12.8. The Labute approximate surface area is 143 Å². The normalized spacial score (nSPS) is 18.2. The number of fused-ring (bicyclic) bond motifs is 1. The molecule has 9 heteroatoms. The van der Waals surface area contributed by atoms with Crippen LogP contribution in [0.2, 0.25) is 0 Å². The number of thiazole rings is 1. The number of hydrogen-bond acceptors (Lipinski definition) is 5. The summed E-state index contributed by atoms with van der Waals surface area (Å²) >= 11 is 1.18. The van der Waals surface area contributed by atoms with Crippen molar-refractivity contribution in [3.63, 3.8) is 0 Å². The van der Waals surface area contributed by atoms with Gasteiger partial charge in [0.2, 0.25) is 0 Å². The molecule has 2 aromatic rings. The first kappa shape index (κ1) is 16.3. The molecule has 2 heterocycles. The highest BCUT2D eigenvalue weighted by Gasteiger charge is 2.21. The molecule has 0 saturated heterocycles. The van der Waals surface area contributed by atoms with Crippen LogP contribution in [0.25, 0.3) is 17.3 Å². The molecular weight excluding hydrogens is 350 g/mol. The molecule has 0 fully saturated rings. The van der Waals surface area contributed by atoms with Gasteiger partial charge in [-0.2, -0.15) is 0 Å². The van der Waals surface area contributed by atoms with Crippen LogP contribution < -0.4 is 5.69 Å². The van der Waals surface area contributed by atoms with Crippen LogP contribution >= 0.6 is 11.3 Å². The molecule has 1 unspecified atom stereocenters. The predicted octanol–water partition coefficient (Wildman–Crippen LogP) is 1.51. The molecule has 0 aromatic carbocycles. The van der Waals surface area contributed by atoms with Crippen molar-refractivity contribution < 1.29 is 14.1 Å². The monoisotopic (exact) mass is 363 g/mol. The van der Waals surface area contributed by atoms with Crippen molar-refractivity contribution in [2.75, 3.05) is 6.26 Å². The number of imidazole rings is 1. The summed E-state index contributed by atoms with van der Waals surface area (Å²) in [6.07, 6.45) is 12.0. The number of nitrogens with zero attached hydrogens (tertiary/aromatic N) is 3. The van der Waals surface area contributed by atoms with Crippen LogP contribution in [0.15, 0.2) is 39.5 Å². The first-order chi connectivity index (χ1) is 11.5. The highest BCUT2D eigenvalue weighted by atomic mass is 32.2. The van der Waals surface area contributed by atoms with Gasteiger partial charge < -0.3 is 5.11 Å². The number of aliphatic carboxylic acids is 1. The third-order valence-corrected chi connectivity index (χ3v) is 5.08. The third-order valence-electron chi connectivity index (χ3n) is 3.31. The second-order valence-corrected chi connectivity index (χ2v) is 7.06. The number of carboxylic acids is 1. The summed E-state index contributed by atoms with van der Waals surface area (Å²) in [5.74, 6) is -1.11. The number of aromatic nitrogens is 3. The van der Waals surface area contributed by atoms with Crippen molar-refractivity contribution >= 4 is 40.3 Å². The highest BCUT2D eigenvalue weighted by molar-refractivity contribution is 7.84. The van der Waals surface area contributed by atoms with Crippen LogP contribution in [0.4, 0.5) is 0 Å². The lowest BCUT2D eigenvalue weighted by molar-refractivity contribution is -0.137. The summed E-state index contributed by atoms with van der Waals surface area (Å²) in [5.41, 5.74) is 0.517. The molecule has 1 aliphatic carbocycles. The Morgan fingerprint density at radius 2 is 1.92 bits per heavy atom. The molecule has 1 aliphatic rings. The summed E-state index contributed by atoms with van der Waals surface area (Å²) in [4.78, 5) is 28.1. The topological polar surface area (TPSA) is 94.2 Å². The second-order valence-electron chi connectivity index (χ2n) is 4.89. The van der Waals surface area contributed by atoms with E-state index in [9.17, 15) is 13.8 Å². The highest BCUT2D eigenvalue weighted by Crippen LogP contribution is 2.22. The van der Waals surface area contributed by atoms with Crippen LogP contribution in [0.3, 0.4) is 0 Å². The van der Waals surface area contributed by atoms with Gasteiger partial charge in [0.15, 0.2) is 5.13 Å². The average Bonchev–Trinajstić information content (AvgIpc) is 3.05. The van der Waals surface area contributed by atoms with Crippen LogP contribution in [0.5, 0.6) is 0 Å². The van der Waals surface area contributed by atoms with Gasteiger partial charge in [-0.25, -0.2) is 14.3 Å². The van der Waals surface area contributed by atoms with Gasteiger partial charge in [0, 0.05) is 11.6 Å². The van der Waals surface area contributed by atoms with E-state index in [0.717, 1.165) is 0 Å². The number of rotatable bonds is 4. The predicted molar refractivity (Wildman–Crippen MR) is 92.9 cm³/mol. The van der Waals surface area contributed by atoms with E-state index in [4.69, 9.17) is 5.11 Å². The maximum atomic E-state index is 12.8. The SMILES string of the molecule is CS(=O)c1csc(-n2c3c(n(CC(=O)O)c2=O)/C=C/C=C\C=C/3)n1. The fraction of sp³-hybridized carbons (Fsp3) is 0.133. The van der Waals surface area contributed by atoms with Gasteiger partial charge in [0.25, 0.3) is 0 Å². The van der Waals surface area contributed by atoms with E-state index < -0.39 is 29.0 Å². The summed E-state index contributed by atoms with van der Waals surface area (Å²) in [6, 6.07) is 0. The van der Waals surface area contributed by atoms with E-state index in [1.165, 1.54) is 26.7 Å². The van der Waals surface area contributed by atoms with Crippen molar-refractivity contribution in [3.05, 3.63) is 51.6 Å². The third kappa shape index (κ3) is 2.95. The molecule has 0 amide bonds. The van der Waals surface area contributed by atoms with Gasteiger partial charge >= 0.3 is 11.7 Å². The lowest BCUT2D eigenvalue weighted by Gasteiger charge is -2.02. The summed E-state index contributed by atoms with van der Waals surface area (Å²) < 4.78 is 14.1. The largest absolute Gasteiger partial charge is 0.480 e. The van der Waals surface area contributed by atoms with Gasteiger partial charge in [-0.15, -0.1) is 11.3 Å². The van der Waals surface area contributed by atoms with Crippen molar-refractivity contribution in [2.45, 2.75) is 11.6 Å². The van der Waals surface area contributed by atoms with Crippen molar-refractivity contribution in [3.8, 4) is 5.13 Å². The fourth-order valence-electron chi connectivity index (χ4n) is 2.29. The van der Waals surface area contributed by atoms with Crippen molar-refractivity contribution in [1.82, 2.24) is 14.1 Å². The van der Waals surface area contributed by atoms with E-state index in [2.05, 4.69) is 4.98 Å². The minimum Gasteiger partial charge on any atom is -0.480 e. The Morgan fingerprint density at radius 1 is 1.25 bits per heavy atom. The molecular formula is C15H13N3O4S2. The van der Waals surface area contributed by atoms with Crippen LogP contribution in [0, 0.1) is 0 Å². The van der Waals surface area contributed by atoms with E-state index >= 15 is 0 Å². The number of carbonyl (C=O) groups is 1. The molecule has 3 rings (SSSR count). The first-order valence-electron chi connectivity index (χ1n) is 6.87. The van der Waals surface area contributed by atoms with Gasteiger partial charge in [0.1, 0.15) is 11.6 Å². The Morgan fingerprint density at radius 3 is 2.50 bits per heavy atom. The molecule has 1 N–H and O–H groups in total. The van der Waals surface area contributed by atoms with Crippen LogP contribution in [-0.2, 0) is 22.1 Å². The zero-order chi connectivity index (χ0) is 17.3. The molecule has 0 radical (unpaired) electrons. The van der Waals surface area contributed by atoms with Crippen molar-refractivity contribution in [1.29, 1.82) is 0 Å². The lowest BCUT2D eigenvalue weighted by Crippen LogP contribution is -2.27. The Bertz CT molecular complexity index is 975. The van der Waals surface area contributed by atoms with Crippen LogP contribution in [0.1, 0.15) is 11.4 Å². The molecule has 2 aromatic heterocycles. The Balaban J connectivity index is 2.27. The molecule has 1 atom stereocenters. The standard InChI is InChI=1S/C15H13N3O4S2/c1-24(22)12-9-23-14(16-12)18-11-7-5-3-2-4-6-10(11)17(15(18)21)8-13(19)20/h2-7,9H,8H2,1H3,(H,19,20)/b3-2-,4-2?,5-3?,6-4+,7-5-,10-6?,11-7?. The summed E-state index contributed by atoms with van der Waals surface area (Å²) in [6.45, 7) is -0.450.